The summed E-state index contributed by atoms with van der Waals surface area (Å²) in [6, 6.07) is 3.61. The van der Waals surface area contributed by atoms with E-state index < -0.39 is 9.84 Å². The second-order valence-corrected chi connectivity index (χ2v) is 9.07. The number of nitrogen functional groups attached to an aromatic ring is 1. The monoisotopic (exact) mass is 386 g/mol. The van der Waals surface area contributed by atoms with Gasteiger partial charge in [-0.25, -0.2) is 13.3 Å². The fraction of sp³-hybridized carbons (Fsp3) is 0.222. The first kappa shape index (κ1) is 16.9. The normalized spacial score (nSPS) is 16.3. The Hall–Kier alpha value is -2.56. The van der Waals surface area contributed by atoms with Gasteiger partial charge < -0.3 is 10.3 Å². The molecule has 1 fully saturated rings. The Morgan fingerprint density at radius 1 is 1.31 bits per heavy atom. The largest absolute Gasteiger partial charge is 0.396 e. The lowest BCUT2D eigenvalue weighted by atomic mass is 10.0. The Labute approximate surface area is 155 Å². The Morgan fingerprint density at radius 3 is 2.69 bits per heavy atom. The van der Waals surface area contributed by atoms with Crippen LogP contribution in [-0.4, -0.2) is 29.5 Å². The number of benzene rings is 1. The number of hydrogen-bond donors (Lipinski definition) is 1. The van der Waals surface area contributed by atoms with Crippen LogP contribution in [0.3, 0.4) is 0 Å². The van der Waals surface area contributed by atoms with Crippen molar-refractivity contribution in [3.05, 3.63) is 52.7 Å². The van der Waals surface area contributed by atoms with Crippen molar-refractivity contribution in [2.45, 2.75) is 13.0 Å². The molecule has 0 amide bonds. The van der Waals surface area contributed by atoms with Crippen LogP contribution >= 0.6 is 11.6 Å². The summed E-state index contributed by atoms with van der Waals surface area (Å²) in [4.78, 5) is 7.70. The summed E-state index contributed by atoms with van der Waals surface area (Å²) >= 11 is 6.38. The number of anilines is 1. The molecular formula is C18H15ClN4O2S. The van der Waals surface area contributed by atoms with E-state index >= 15 is 0 Å². The van der Waals surface area contributed by atoms with E-state index in [9.17, 15) is 8.42 Å². The Balaban J connectivity index is 2.01. The Bertz CT molecular complexity index is 1200. The van der Waals surface area contributed by atoms with Gasteiger partial charge >= 0.3 is 0 Å². The van der Waals surface area contributed by atoms with Crippen molar-refractivity contribution in [1.29, 1.82) is 0 Å². The molecule has 1 aliphatic rings. The van der Waals surface area contributed by atoms with Crippen LogP contribution in [0.5, 0.6) is 0 Å². The minimum Gasteiger partial charge on any atom is -0.396 e. The summed E-state index contributed by atoms with van der Waals surface area (Å²) in [6.45, 7) is 9.25. The highest BCUT2D eigenvalue weighted by Crippen LogP contribution is 2.41. The van der Waals surface area contributed by atoms with E-state index in [1.165, 1.54) is 6.20 Å². The zero-order valence-corrected chi connectivity index (χ0v) is 15.5. The van der Waals surface area contributed by atoms with E-state index in [1.54, 1.807) is 6.20 Å². The average Bonchev–Trinajstić information content (AvgIpc) is 2.92. The smallest absolute Gasteiger partial charge is 0.190 e. The van der Waals surface area contributed by atoms with Crippen LogP contribution in [0.25, 0.3) is 26.9 Å². The summed E-state index contributed by atoms with van der Waals surface area (Å²) < 4.78 is 25.3. The molecule has 1 aromatic carbocycles. The van der Waals surface area contributed by atoms with Gasteiger partial charge in [-0.1, -0.05) is 11.6 Å². The van der Waals surface area contributed by atoms with Crippen LogP contribution in [0.2, 0.25) is 5.02 Å². The molecule has 2 aromatic heterocycles. The second kappa shape index (κ2) is 5.73. The molecule has 0 bridgehead atoms. The molecule has 132 valence electrons. The summed E-state index contributed by atoms with van der Waals surface area (Å²) in [5, 5.41) is 1.23. The number of hydrogen-bond acceptors (Lipinski definition) is 4. The minimum atomic E-state index is -2.97. The van der Waals surface area contributed by atoms with Gasteiger partial charge in [0, 0.05) is 29.0 Å². The van der Waals surface area contributed by atoms with Crippen molar-refractivity contribution < 1.29 is 8.42 Å². The highest BCUT2D eigenvalue weighted by molar-refractivity contribution is 7.92. The summed E-state index contributed by atoms with van der Waals surface area (Å²) in [7, 11) is -2.97. The van der Waals surface area contributed by atoms with Crippen molar-refractivity contribution >= 4 is 43.7 Å². The zero-order chi connectivity index (χ0) is 18.6. The Morgan fingerprint density at radius 2 is 2.04 bits per heavy atom. The lowest BCUT2D eigenvalue weighted by Gasteiger charge is -2.28. The summed E-state index contributed by atoms with van der Waals surface area (Å²) in [6.07, 6.45) is 5.00. The van der Waals surface area contributed by atoms with Crippen LogP contribution in [0.15, 0.2) is 30.7 Å². The molecule has 0 radical (unpaired) electrons. The maximum atomic E-state index is 11.6. The molecule has 3 aromatic rings. The molecule has 0 unspecified atom stereocenters. The maximum absolute atomic E-state index is 11.6. The van der Waals surface area contributed by atoms with Crippen molar-refractivity contribution in [1.82, 2.24) is 9.55 Å². The van der Waals surface area contributed by atoms with Crippen LogP contribution in [-0.2, 0) is 9.84 Å². The lowest BCUT2D eigenvalue weighted by Crippen LogP contribution is -2.37. The van der Waals surface area contributed by atoms with Crippen LogP contribution < -0.4 is 5.73 Å². The van der Waals surface area contributed by atoms with Gasteiger partial charge in [-0.05, 0) is 30.0 Å². The number of rotatable bonds is 2. The van der Waals surface area contributed by atoms with Crippen molar-refractivity contribution in [2.75, 3.05) is 17.2 Å². The van der Waals surface area contributed by atoms with Gasteiger partial charge in [0.2, 0.25) is 0 Å². The number of fused-ring (bicyclic) bond motifs is 1. The lowest BCUT2D eigenvalue weighted by molar-refractivity contribution is 0.516. The highest BCUT2D eigenvalue weighted by atomic mass is 35.5. The number of halogens is 1. The molecule has 1 aliphatic heterocycles. The number of aromatic nitrogens is 2. The molecule has 3 heterocycles. The van der Waals surface area contributed by atoms with Crippen LogP contribution in [0.1, 0.15) is 11.6 Å². The quantitative estimate of drug-likeness (QED) is 0.679. The van der Waals surface area contributed by atoms with Gasteiger partial charge in [0.1, 0.15) is 0 Å². The fourth-order valence-corrected chi connectivity index (χ4v) is 4.97. The third-order valence-corrected chi connectivity index (χ3v) is 6.96. The zero-order valence-electron chi connectivity index (χ0n) is 13.9. The number of sulfone groups is 1. The van der Waals surface area contributed by atoms with Crippen molar-refractivity contribution in [3.63, 3.8) is 0 Å². The first-order chi connectivity index (χ1) is 12.3. The van der Waals surface area contributed by atoms with E-state index in [2.05, 4.69) is 9.83 Å². The predicted molar refractivity (Wildman–Crippen MR) is 103 cm³/mol. The predicted octanol–water partition coefficient (Wildman–Crippen LogP) is 3.77. The third-order valence-electron chi connectivity index (χ3n) is 4.75. The highest BCUT2D eigenvalue weighted by Gasteiger charge is 2.35. The summed E-state index contributed by atoms with van der Waals surface area (Å²) in [5.41, 5.74) is 9.99. The SMILES string of the molecule is [C-]#[N+]c1cc2c(-c3cncc(N)c3Cl)cn(C3CS(=O)(=O)C3)c2cc1C. The van der Waals surface area contributed by atoms with Gasteiger partial charge in [-0.2, -0.15) is 0 Å². The van der Waals surface area contributed by atoms with Crippen LogP contribution in [0.4, 0.5) is 11.4 Å². The number of nitrogens with two attached hydrogens (primary N) is 1. The molecule has 4 rings (SSSR count). The van der Waals surface area contributed by atoms with E-state index in [0.29, 0.717) is 22.0 Å². The third kappa shape index (κ3) is 2.54. The standard InChI is InChI=1S/C18H15ClN4O2S/c1-10-3-17-12(4-16(10)21-2)14(13-5-22-6-15(20)18(13)19)7-23(17)11-8-26(24,25)9-11/h3-7,11H,8-9,20H2,1H3. The van der Waals surface area contributed by atoms with Gasteiger partial charge in [0.05, 0.1) is 41.0 Å². The number of pyridine rings is 1. The molecule has 0 saturated carbocycles. The van der Waals surface area contributed by atoms with E-state index in [-0.39, 0.29) is 17.5 Å². The maximum Gasteiger partial charge on any atom is 0.190 e. The first-order valence-electron chi connectivity index (χ1n) is 7.93. The van der Waals surface area contributed by atoms with E-state index in [4.69, 9.17) is 23.9 Å². The second-order valence-electron chi connectivity index (χ2n) is 6.54. The van der Waals surface area contributed by atoms with Gasteiger partial charge in [0.15, 0.2) is 15.5 Å². The molecule has 1 saturated heterocycles. The van der Waals surface area contributed by atoms with Crippen molar-refractivity contribution in [2.24, 2.45) is 0 Å². The topological polar surface area (TPSA) is 82.3 Å². The average molecular weight is 387 g/mol. The molecule has 0 atom stereocenters. The number of aryl methyl sites for hydroxylation is 1. The van der Waals surface area contributed by atoms with Gasteiger partial charge in [-0.3, -0.25) is 4.98 Å². The van der Waals surface area contributed by atoms with E-state index in [0.717, 1.165) is 22.0 Å². The first-order valence-corrected chi connectivity index (χ1v) is 10.1. The molecular weight excluding hydrogens is 372 g/mol. The summed E-state index contributed by atoms with van der Waals surface area (Å²) in [5.74, 6) is 0.228. The van der Waals surface area contributed by atoms with Crippen molar-refractivity contribution in [3.8, 4) is 11.1 Å². The molecule has 26 heavy (non-hydrogen) atoms. The molecule has 0 spiro atoms. The van der Waals surface area contributed by atoms with Gasteiger partial charge in [0.25, 0.3) is 0 Å². The minimum absolute atomic E-state index is 0.114. The van der Waals surface area contributed by atoms with Gasteiger partial charge in [-0.15, -0.1) is 0 Å². The van der Waals surface area contributed by atoms with E-state index in [1.807, 2.05) is 29.8 Å². The molecule has 6 nitrogen and oxygen atoms in total. The molecule has 0 aliphatic carbocycles. The fourth-order valence-electron chi connectivity index (χ4n) is 3.37. The molecule has 8 heteroatoms. The van der Waals surface area contributed by atoms with Crippen LogP contribution in [0, 0.1) is 13.5 Å². The molecule has 2 N–H and O–H groups in total. The Kier molecular flexibility index (Phi) is 3.72. The number of nitrogens with zero attached hydrogens (tertiary/aromatic N) is 3.